The summed E-state index contributed by atoms with van der Waals surface area (Å²) in [6, 6.07) is 4.46. The van der Waals surface area contributed by atoms with Gasteiger partial charge in [-0.2, -0.15) is 0 Å². The van der Waals surface area contributed by atoms with E-state index in [9.17, 15) is 0 Å². The molecule has 0 atom stereocenters. The molecule has 2 heteroatoms. The second-order valence-corrected chi connectivity index (χ2v) is 4.12. The average Bonchev–Trinajstić information content (AvgIpc) is 2.10. The smallest absolute Gasteiger partial charge is 0.0183 e. The summed E-state index contributed by atoms with van der Waals surface area (Å²) in [4.78, 5) is 2.98. The van der Waals surface area contributed by atoms with Crippen molar-refractivity contribution < 1.29 is 0 Å². The second kappa shape index (κ2) is 2.36. The maximum atomic E-state index is 3.28. The molecule has 1 N–H and O–H groups in total. The van der Waals surface area contributed by atoms with Gasteiger partial charge in [0.25, 0.3) is 0 Å². The molecule has 1 aliphatic rings. The van der Waals surface area contributed by atoms with E-state index in [2.05, 4.69) is 24.4 Å². The molecule has 0 bridgehead atoms. The molecule has 1 nitrogen and oxygen atoms in total. The van der Waals surface area contributed by atoms with Gasteiger partial charge in [0.05, 0.1) is 0 Å². The minimum atomic E-state index is 0.818. The fourth-order valence-corrected chi connectivity index (χ4v) is 2.14. The molecule has 1 aromatic rings. The number of thiophene rings is 1. The molecule has 0 amide bonds. The lowest BCUT2D eigenvalue weighted by Crippen LogP contribution is -2.39. The predicted octanol–water partition coefficient (Wildman–Crippen LogP) is 1.74. The number of hydrogen-bond acceptors (Lipinski definition) is 2. The Labute approximate surface area is 65.1 Å². The van der Waals surface area contributed by atoms with E-state index in [1.165, 1.54) is 18.0 Å². The van der Waals surface area contributed by atoms with Crippen molar-refractivity contribution in [2.45, 2.75) is 12.8 Å². The van der Waals surface area contributed by atoms with Crippen molar-refractivity contribution in [1.29, 1.82) is 0 Å². The van der Waals surface area contributed by atoms with Crippen LogP contribution in [0.25, 0.3) is 0 Å². The largest absolute Gasteiger partial charge is 0.315 e. The lowest BCUT2D eigenvalue weighted by Gasteiger charge is -2.25. The standard InChI is InChI=1S/C8H11NS/c1-6-2-3-8(10-6)7-4-9-5-7/h2-3,7,9H,4-5H2,1H3. The van der Waals surface area contributed by atoms with Crippen LogP contribution in [0.15, 0.2) is 12.1 Å². The highest BCUT2D eigenvalue weighted by Crippen LogP contribution is 2.26. The summed E-state index contributed by atoms with van der Waals surface area (Å²) in [7, 11) is 0. The first-order valence-electron chi connectivity index (χ1n) is 3.63. The molecule has 1 aliphatic heterocycles. The molecule has 2 heterocycles. The molecule has 0 saturated carbocycles. The molecule has 1 saturated heterocycles. The summed E-state index contributed by atoms with van der Waals surface area (Å²) in [6.45, 7) is 4.53. The van der Waals surface area contributed by atoms with Gasteiger partial charge in [-0.15, -0.1) is 11.3 Å². The predicted molar refractivity (Wildman–Crippen MR) is 44.7 cm³/mol. The van der Waals surface area contributed by atoms with Gasteiger partial charge in [0.2, 0.25) is 0 Å². The molecule has 0 aromatic carbocycles. The van der Waals surface area contributed by atoms with Gasteiger partial charge in [-0.1, -0.05) is 0 Å². The lowest BCUT2D eigenvalue weighted by molar-refractivity contribution is 0.454. The number of hydrogen-bond donors (Lipinski definition) is 1. The van der Waals surface area contributed by atoms with Crippen molar-refractivity contribution in [3.63, 3.8) is 0 Å². The zero-order chi connectivity index (χ0) is 6.97. The third kappa shape index (κ3) is 0.976. The van der Waals surface area contributed by atoms with Crippen LogP contribution < -0.4 is 5.32 Å². The van der Waals surface area contributed by atoms with Gasteiger partial charge in [0.1, 0.15) is 0 Å². The first-order valence-corrected chi connectivity index (χ1v) is 4.45. The highest BCUT2D eigenvalue weighted by molar-refractivity contribution is 7.12. The van der Waals surface area contributed by atoms with Crippen LogP contribution in [0, 0.1) is 6.92 Å². The van der Waals surface area contributed by atoms with Crippen molar-refractivity contribution in [3.8, 4) is 0 Å². The average molecular weight is 153 g/mol. The normalized spacial score (nSPS) is 18.9. The Morgan fingerprint density at radius 1 is 1.50 bits per heavy atom. The summed E-state index contributed by atoms with van der Waals surface area (Å²) in [5, 5.41) is 3.28. The Morgan fingerprint density at radius 3 is 2.70 bits per heavy atom. The number of aryl methyl sites for hydroxylation is 1. The maximum absolute atomic E-state index is 3.28. The molecule has 0 aliphatic carbocycles. The number of rotatable bonds is 1. The molecular weight excluding hydrogens is 142 g/mol. The minimum absolute atomic E-state index is 0.818. The SMILES string of the molecule is Cc1ccc(C2CNC2)s1. The van der Waals surface area contributed by atoms with Crippen LogP contribution >= 0.6 is 11.3 Å². The highest BCUT2D eigenvalue weighted by Gasteiger charge is 2.19. The lowest BCUT2D eigenvalue weighted by atomic mass is 10.0. The Bertz CT molecular complexity index is 225. The number of nitrogens with one attached hydrogen (secondary N) is 1. The van der Waals surface area contributed by atoms with Crippen molar-refractivity contribution in [1.82, 2.24) is 5.32 Å². The molecule has 0 radical (unpaired) electrons. The Hall–Kier alpha value is -0.340. The fourth-order valence-electron chi connectivity index (χ4n) is 1.16. The summed E-state index contributed by atoms with van der Waals surface area (Å²) in [5.74, 6) is 0.818. The van der Waals surface area contributed by atoms with Crippen molar-refractivity contribution >= 4 is 11.3 Å². The monoisotopic (exact) mass is 153 g/mol. The van der Waals surface area contributed by atoms with Crippen LogP contribution in [0.5, 0.6) is 0 Å². The maximum Gasteiger partial charge on any atom is 0.0183 e. The van der Waals surface area contributed by atoms with E-state index < -0.39 is 0 Å². The zero-order valence-electron chi connectivity index (χ0n) is 6.05. The minimum Gasteiger partial charge on any atom is -0.315 e. The Morgan fingerprint density at radius 2 is 2.30 bits per heavy atom. The van der Waals surface area contributed by atoms with E-state index in [0.717, 1.165) is 5.92 Å². The van der Waals surface area contributed by atoms with Gasteiger partial charge >= 0.3 is 0 Å². The van der Waals surface area contributed by atoms with E-state index in [1.54, 1.807) is 4.88 Å². The molecule has 0 spiro atoms. The van der Waals surface area contributed by atoms with Crippen LogP contribution in [0.1, 0.15) is 15.7 Å². The summed E-state index contributed by atoms with van der Waals surface area (Å²) >= 11 is 1.93. The first kappa shape index (κ1) is 6.38. The summed E-state index contributed by atoms with van der Waals surface area (Å²) in [6.07, 6.45) is 0. The molecule has 1 aromatic heterocycles. The molecule has 2 rings (SSSR count). The van der Waals surface area contributed by atoms with Crippen molar-refractivity contribution in [3.05, 3.63) is 21.9 Å². The first-order chi connectivity index (χ1) is 4.86. The van der Waals surface area contributed by atoms with Crippen molar-refractivity contribution in [2.24, 2.45) is 0 Å². The quantitative estimate of drug-likeness (QED) is 0.648. The van der Waals surface area contributed by atoms with Crippen molar-refractivity contribution in [2.75, 3.05) is 13.1 Å². The topological polar surface area (TPSA) is 12.0 Å². The highest BCUT2D eigenvalue weighted by atomic mass is 32.1. The van der Waals surface area contributed by atoms with Gasteiger partial charge < -0.3 is 5.32 Å². The van der Waals surface area contributed by atoms with E-state index in [1.807, 2.05) is 11.3 Å². The molecule has 10 heavy (non-hydrogen) atoms. The third-order valence-corrected chi connectivity index (χ3v) is 3.11. The molecule has 1 fully saturated rings. The van der Waals surface area contributed by atoms with Crippen LogP contribution in [-0.2, 0) is 0 Å². The van der Waals surface area contributed by atoms with Gasteiger partial charge in [0, 0.05) is 28.8 Å². The van der Waals surface area contributed by atoms with E-state index >= 15 is 0 Å². The molecular formula is C8H11NS. The molecule has 0 unspecified atom stereocenters. The van der Waals surface area contributed by atoms with Crippen LogP contribution in [0.3, 0.4) is 0 Å². The van der Waals surface area contributed by atoms with Gasteiger partial charge in [-0.05, 0) is 19.1 Å². The second-order valence-electron chi connectivity index (χ2n) is 2.80. The van der Waals surface area contributed by atoms with Crippen LogP contribution in [-0.4, -0.2) is 13.1 Å². The van der Waals surface area contributed by atoms with Gasteiger partial charge in [0.15, 0.2) is 0 Å². The third-order valence-electron chi connectivity index (χ3n) is 1.94. The van der Waals surface area contributed by atoms with Gasteiger partial charge in [-0.3, -0.25) is 0 Å². The van der Waals surface area contributed by atoms with Crippen LogP contribution in [0.4, 0.5) is 0 Å². The molecule has 54 valence electrons. The Balaban J connectivity index is 2.17. The van der Waals surface area contributed by atoms with E-state index in [-0.39, 0.29) is 0 Å². The fraction of sp³-hybridized carbons (Fsp3) is 0.500. The Kier molecular flexibility index (Phi) is 1.51. The van der Waals surface area contributed by atoms with E-state index in [0.29, 0.717) is 0 Å². The van der Waals surface area contributed by atoms with Gasteiger partial charge in [-0.25, -0.2) is 0 Å². The summed E-state index contributed by atoms with van der Waals surface area (Å²) < 4.78 is 0. The zero-order valence-corrected chi connectivity index (χ0v) is 6.87. The van der Waals surface area contributed by atoms with Crippen LogP contribution in [0.2, 0.25) is 0 Å². The summed E-state index contributed by atoms with van der Waals surface area (Å²) in [5.41, 5.74) is 0. The van der Waals surface area contributed by atoms with E-state index in [4.69, 9.17) is 0 Å².